The van der Waals surface area contributed by atoms with Crippen molar-refractivity contribution in [3.63, 3.8) is 0 Å². The molecule has 8 aliphatic rings. The van der Waals surface area contributed by atoms with Crippen LogP contribution in [0, 0.1) is 28.6 Å². The number of ether oxygens (including phenoxy) is 2. The quantitative estimate of drug-likeness (QED) is 0.378. The van der Waals surface area contributed by atoms with E-state index in [1.165, 1.54) is 18.4 Å². The molecule has 8 rings (SSSR count). The Morgan fingerprint density at radius 3 is 2.67 bits per heavy atom. The lowest BCUT2D eigenvalue weighted by atomic mass is 9.44. The molecule has 40 heavy (non-hydrogen) atoms. The van der Waals surface area contributed by atoms with Crippen molar-refractivity contribution < 1.29 is 19.1 Å². The van der Waals surface area contributed by atoms with Gasteiger partial charge in [0.15, 0.2) is 0 Å². The summed E-state index contributed by atoms with van der Waals surface area (Å²) in [5.41, 5.74) is 10.8. The van der Waals surface area contributed by atoms with E-state index in [1.807, 2.05) is 6.08 Å². The van der Waals surface area contributed by atoms with E-state index in [0.29, 0.717) is 24.7 Å². The summed E-state index contributed by atoms with van der Waals surface area (Å²) < 4.78 is 12.3. The molecule has 1 saturated heterocycles. The maximum Gasteiger partial charge on any atom is 0.340 e. The zero-order chi connectivity index (χ0) is 27.6. The number of esters is 2. The number of dihydropyridines is 1. The van der Waals surface area contributed by atoms with Crippen LogP contribution in [0.25, 0.3) is 0 Å². The van der Waals surface area contributed by atoms with Crippen LogP contribution in [0.5, 0.6) is 0 Å². The molecule has 6 nitrogen and oxygen atoms in total. The minimum atomic E-state index is -0.574. The Labute approximate surface area is 237 Å². The molecule has 4 atom stereocenters. The zero-order valence-corrected chi connectivity index (χ0v) is 23.9. The van der Waals surface area contributed by atoms with Gasteiger partial charge in [0.05, 0.1) is 16.8 Å². The molecule has 0 radical (unpaired) electrons. The van der Waals surface area contributed by atoms with Gasteiger partial charge in [0.1, 0.15) is 11.5 Å². The number of cyclic esters (lactones) is 2. The molecule has 3 heterocycles. The lowest BCUT2D eigenvalue weighted by Gasteiger charge is -2.56. The van der Waals surface area contributed by atoms with Gasteiger partial charge in [-0.15, -0.1) is 0 Å². The molecular weight excluding hydrogens is 500 g/mol. The van der Waals surface area contributed by atoms with Crippen molar-refractivity contribution in [1.82, 2.24) is 5.32 Å². The third-order valence-electron chi connectivity index (χ3n) is 11.2. The summed E-state index contributed by atoms with van der Waals surface area (Å²) in [5.74, 6) is 2.37. The van der Waals surface area contributed by atoms with E-state index in [2.05, 4.69) is 37.4 Å². The van der Waals surface area contributed by atoms with Crippen molar-refractivity contribution in [1.29, 1.82) is 0 Å². The average molecular weight is 543 g/mol. The van der Waals surface area contributed by atoms with Crippen LogP contribution in [0.15, 0.2) is 69.5 Å². The molecule has 0 unspecified atom stereocenters. The van der Waals surface area contributed by atoms with Crippen LogP contribution in [0.3, 0.4) is 0 Å². The second-order valence-electron chi connectivity index (χ2n) is 13.1. The fourth-order valence-electron chi connectivity index (χ4n) is 9.42. The van der Waals surface area contributed by atoms with Crippen LogP contribution in [-0.4, -0.2) is 18.5 Å². The number of hydrogen-bond donors (Lipinski definition) is 2. The van der Waals surface area contributed by atoms with Crippen molar-refractivity contribution in [2.45, 2.75) is 90.9 Å². The molecule has 3 aliphatic heterocycles. The number of fused-ring (bicyclic) bond motifs is 1. The molecule has 3 N–H and O–H groups in total. The van der Waals surface area contributed by atoms with Gasteiger partial charge in [0.2, 0.25) is 0 Å². The van der Waals surface area contributed by atoms with E-state index >= 15 is 0 Å². The summed E-state index contributed by atoms with van der Waals surface area (Å²) in [6.07, 6.45) is 20.8. The van der Waals surface area contributed by atoms with E-state index in [9.17, 15) is 9.59 Å². The predicted molar refractivity (Wildman–Crippen MR) is 153 cm³/mol. The number of nitrogens with two attached hydrogens (primary N) is 1. The monoisotopic (exact) mass is 542 g/mol. The van der Waals surface area contributed by atoms with Gasteiger partial charge in [-0.25, -0.2) is 9.59 Å². The van der Waals surface area contributed by atoms with Crippen molar-refractivity contribution in [2.75, 3.05) is 6.54 Å². The maximum atomic E-state index is 13.8. The number of unbranched alkanes of at least 4 members (excludes halogenated alkanes) is 1. The standard InChI is InChI=1S/C34H42N2O4/c1-3-5-8-26-34-15-11-21(24(30(34)32(38)40-26)17-20-12-16-36-27(35)18-20)22-9-10-23-25(39-31(37)28(23)29(22)34)19-33(4-2)13-6-7-14-33/h8,12,18-19,21-22,29,36H,3-7,9-11,13-17,35H2,1-2H3/b25-19?,26-8-/t21-,22-,29+,34-/m0/s1. The highest BCUT2D eigenvalue weighted by atomic mass is 16.5. The molecule has 0 aromatic rings. The first-order valence-corrected chi connectivity index (χ1v) is 15.7. The van der Waals surface area contributed by atoms with Gasteiger partial charge in [-0.2, -0.15) is 0 Å². The fourth-order valence-corrected chi connectivity index (χ4v) is 9.42. The lowest BCUT2D eigenvalue weighted by molar-refractivity contribution is -0.135. The third kappa shape index (κ3) is 3.66. The van der Waals surface area contributed by atoms with Crippen molar-refractivity contribution in [2.24, 2.45) is 34.3 Å². The normalized spacial score (nSPS) is 35.8. The highest BCUT2D eigenvalue weighted by molar-refractivity contribution is 6.00. The molecule has 3 fully saturated rings. The molecule has 6 heteroatoms. The van der Waals surface area contributed by atoms with Crippen LogP contribution < -0.4 is 11.1 Å². The molecule has 212 valence electrons. The molecule has 2 saturated carbocycles. The van der Waals surface area contributed by atoms with Crippen LogP contribution in [0.4, 0.5) is 0 Å². The summed E-state index contributed by atoms with van der Waals surface area (Å²) in [6, 6.07) is 0. The van der Waals surface area contributed by atoms with E-state index in [-0.39, 0.29) is 29.2 Å². The SMILES string of the molecule is CCC/C=C1\OC(=O)C2=C(CC3=CCNC(N)=C3)[C@H]3CC[C@]21[C@H]1C2=C(CC[C@@H]31)C(=CC1(CC)CCCC1)OC2=O. The maximum absolute atomic E-state index is 13.8. The Morgan fingerprint density at radius 1 is 1.10 bits per heavy atom. The summed E-state index contributed by atoms with van der Waals surface area (Å²) in [4.78, 5) is 27.6. The first-order valence-electron chi connectivity index (χ1n) is 15.7. The van der Waals surface area contributed by atoms with E-state index in [1.54, 1.807) is 0 Å². The zero-order valence-electron chi connectivity index (χ0n) is 23.9. The Balaban J connectivity index is 1.38. The highest BCUT2D eigenvalue weighted by Gasteiger charge is 2.68. The van der Waals surface area contributed by atoms with E-state index in [0.717, 1.165) is 91.6 Å². The number of hydrogen-bond acceptors (Lipinski definition) is 6. The number of allylic oxidation sites excluding steroid dienone is 7. The smallest absolute Gasteiger partial charge is 0.340 e. The van der Waals surface area contributed by atoms with Gasteiger partial charge in [-0.1, -0.05) is 44.8 Å². The summed E-state index contributed by atoms with van der Waals surface area (Å²) >= 11 is 0. The second-order valence-corrected chi connectivity index (χ2v) is 13.1. The molecule has 0 aromatic heterocycles. The first kappa shape index (κ1) is 25.9. The third-order valence-corrected chi connectivity index (χ3v) is 11.2. The number of carbonyl (C=O) groups is 2. The van der Waals surface area contributed by atoms with Crippen LogP contribution >= 0.6 is 0 Å². The lowest BCUT2D eigenvalue weighted by Crippen LogP contribution is -2.52. The van der Waals surface area contributed by atoms with Crippen LogP contribution in [0.1, 0.15) is 90.9 Å². The number of carbonyl (C=O) groups excluding carboxylic acids is 2. The van der Waals surface area contributed by atoms with Crippen LogP contribution in [0.2, 0.25) is 0 Å². The van der Waals surface area contributed by atoms with Gasteiger partial charge < -0.3 is 20.5 Å². The Hall–Kier alpha value is -3.02. The van der Waals surface area contributed by atoms with Crippen molar-refractivity contribution >= 4 is 11.9 Å². The molecule has 2 bridgehead atoms. The molecule has 1 spiro atoms. The topological polar surface area (TPSA) is 90.7 Å². The van der Waals surface area contributed by atoms with Crippen molar-refractivity contribution in [3.05, 3.63) is 69.5 Å². The Kier molecular flexibility index (Phi) is 6.17. The van der Waals surface area contributed by atoms with E-state index < -0.39 is 5.41 Å². The Morgan fingerprint density at radius 2 is 1.93 bits per heavy atom. The Bertz CT molecular complexity index is 1350. The number of rotatable bonds is 6. The van der Waals surface area contributed by atoms with Gasteiger partial charge in [0, 0.05) is 23.6 Å². The first-order chi connectivity index (χ1) is 19.4. The molecular formula is C34H42N2O4. The minimum Gasteiger partial charge on any atom is -0.427 e. The highest BCUT2D eigenvalue weighted by Crippen LogP contribution is 2.71. The number of nitrogens with one attached hydrogen (secondary N) is 1. The summed E-state index contributed by atoms with van der Waals surface area (Å²) in [7, 11) is 0. The summed E-state index contributed by atoms with van der Waals surface area (Å²) in [6.45, 7) is 5.11. The van der Waals surface area contributed by atoms with Gasteiger partial charge >= 0.3 is 11.9 Å². The minimum absolute atomic E-state index is 0.0644. The van der Waals surface area contributed by atoms with Gasteiger partial charge in [-0.05, 0) is 98.8 Å². The van der Waals surface area contributed by atoms with Gasteiger partial charge in [-0.3, -0.25) is 0 Å². The second kappa shape index (κ2) is 9.53. The van der Waals surface area contributed by atoms with Crippen LogP contribution in [-0.2, 0) is 19.1 Å². The van der Waals surface area contributed by atoms with Gasteiger partial charge in [0.25, 0.3) is 0 Å². The summed E-state index contributed by atoms with van der Waals surface area (Å²) in [5, 5.41) is 3.16. The van der Waals surface area contributed by atoms with Crippen molar-refractivity contribution in [3.8, 4) is 0 Å². The molecule has 0 aromatic carbocycles. The van der Waals surface area contributed by atoms with E-state index in [4.69, 9.17) is 15.2 Å². The molecule has 5 aliphatic carbocycles. The average Bonchev–Trinajstić information content (AvgIpc) is 3.63. The predicted octanol–water partition coefficient (Wildman–Crippen LogP) is 6.39. The largest absolute Gasteiger partial charge is 0.427 e. The fraction of sp³-hybridized carbons (Fsp3) is 0.588. The molecule has 0 amide bonds.